The van der Waals surface area contributed by atoms with Gasteiger partial charge in [0.05, 0.1) is 5.56 Å². The number of fused-ring (bicyclic) bond motifs is 3. The summed E-state index contributed by atoms with van der Waals surface area (Å²) >= 11 is 1.59. The fourth-order valence-corrected chi connectivity index (χ4v) is 2.61. The maximum absolute atomic E-state index is 11.5. The first-order valence-electron chi connectivity index (χ1n) is 4.26. The van der Waals surface area contributed by atoms with Crippen LogP contribution < -0.4 is 5.32 Å². The van der Waals surface area contributed by atoms with Gasteiger partial charge in [0.15, 0.2) is 6.23 Å². The number of thiophene rings is 1. The summed E-state index contributed by atoms with van der Waals surface area (Å²) in [4.78, 5) is 11.5. The van der Waals surface area contributed by atoms with Crippen LogP contribution >= 0.6 is 11.3 Å². The SMILES string of the molecule is O=C1NC(O)c2ccc3sccc3c21. The van der Waals surface area contributed by atoms with E-state index in [2.05, 4.69) is 5.32 Å². The molecular formula is C10H7NO2S. The first-order chi connectivity index (χ1) is 6.77. The summed E-state index contributed by atoms with van der Waals surface area (Å²) in [6, 6.07) is 5.65. The van der Waals surface area contributed by atoms with Gasteiger partial charge in [-0.25, -0.2) is 0 Å². The number of amides is 1. The van der Waals surface area contributed by atoms with E-state index < -0.39 is 6.23 Å². The van der Waals surface area contributed by atoms with Crippen LogP contribution in [0, 0.1) is 0 Å². The largest absolute Gasteiger partial charge is 0.369 e. The van der Waals surface area contributed by atoms with Gasteiger partial charge in [0.2, 0.25) is 0 Å². The van der Waals surface area contributed by atoms with E-state index in [1.165, 1.54) is 0 Å². The fraction of sp³-hybridized carbons (Fsp3) is 0.100. The van der Waals surface area contributed by atoms with E-state index in [0.29, 0.717) is 11.1 Å². The smallest absolute Gasteiger partial charge is 0.254 e. The molecule has 4 heteroatoms. The molecule has 0 radical (unpaired) electrons. The van der Waals surface area contributed by atoms with Crippen LogP contribution in [-0.4, -0.2) is 11.0 Å². The first kappa shape index (κ1) is 7.96. The van der Waals surface area contributed by atoms with Crippen LogP contribution in [0.1, 0.15) is 22.1 Å². The third-order valence-corrected chi connectivity index (χ3v) is 3.34. The van der Waals surface area contributed by atoms with Gasteiger partial charge in [-0.05, 0) is 17.5 Å². The molecule has 14 heavy (non-hydrogen) atoms. The summed E-state index contributed by atoms with van der Waals surface area (Å²) in [5, 5.41) is 14.9. The van der Waals surface area contributed by atoms with Crippen molar-refractivity contribution in [3.05, 3.63) is 34.7 Å². The Labute approximate surface area is 84.0 Å². The highest BCUT2D eigenvalue weighted by Crippen LogP contribution is 2.32. The maximum Gasteiger partial charge on any atom is 0.254 e. The lowest BCUT2D eigenvalue weighted by Crippen LogP contribution is -2.18. The van der Waals surface area contributed by atoms with Crippen molar-refractivity contribution in [3.8, 4) is 0 Å². The number of nitrogens with one attached hydrogen (secondary N) is 1. The fourth-order valence-electron chi connectivity index (χ4n) is 1.82. The second kappa shape index (κ2) is 2.56. The molecule has 3 rings (SSSR count). The van der Waals surface area contributed by atoms with E-state index in [9.17, 15) is 9.90 Å². The summed E-state index contributed by atoms with van der Waals surface area (Å²) < 4.78 is 1.08. The van der Waals surface area contributed by atoms with Gasteiger partial charge in [-0.2, -0.15) is 0 Å². The topological polar surface area (TPSA) is 49.3 Å². The number of hydrogen-bond donors (Lipinski definition) is 2. The highest BCUT2D eigenvalue weighted by molar-refractivity contribution is 7.17. The molecule has 1 atom stereocenters. The minimum atomic E-state index is -0.846. The van der Waals surface area contributed by atoms with Crippen molar-refractivity contribution in [2.24, 2.45) is 0 Å². The highest BCUT2D eigenvalue weighted by atomic mass is 32.1. The number of hydrogen-bond acceptors (Lipinski definition) is 3. The van der Waals surface area contributed by atoms with Crippen LogP contribution in [0.3, 0.4) is 0 Å². The lowest BCUT2D eigenvalue weighted by molar-refractivity contribution is 0.0851. The Kier molecular flexibility index (Phi) is 1.45. The third kappa shape index (κ3) is 0.867. The van der Waals surface area contributed by atoms with Crippen molar-refractivity contribution >= 4 is 27.3 Å². The summed E-state index contributed by atoms with van der Waals surface area (Å²) in [5.74, 6) is -0.184. The molecule has 0 saturated carbocycles. The van der Waals surface area contributed by atoms with Crippen LogP contribution in [0.15, 0.2) is 23.6 Å². The van der Waals surface area contributed by atoms with Crippen molar-refractivity contribution < 1.29 is 9.90 Å². The van der Waals surface area contributed by atoms with Gasteiger partial charge in [-0.1, -0.05) is 6.07 Å². The number of aliphatic hydroxyl groups excluding tert-OH is 1. The quantitative estimate of drug-likeness (QED) is 0.686. The molecule has 1 aromatic carbocycles. The van der Waals surface area contributed by atoms with Crippen LogP contribution in [0.2, 0.25) is 0 Å². The van der Waals surface area contributed by atoms with E-state index in [1.807, 2.05) is 17.5 Å². The van der Waals surface area contributed by atoms with Crippen LogP contribution in [0.4, 0.5) is 0 Å². The van der Waals surface area contributed by atoms with Gasteiger partial charge in [0.25, 0.3) is 5.91 Å². The van der Waals surface area contributed by atoms with Crippen molar-refractivity contribution in [1.29, 1.82) is 0 Å². The Morgan fingerprint density at radius 1 is 1.36 bits per heavy atom. The average molecular weight is 205 g/mol. The van der Waals surface area contributed by atoms with Gasteiger partial charge in [0, 0.05) is 15.6 Å². The second-order valence-corrected chi connectivity index (χ2v) is 4.19. The number of carbonyl (C=O) groups is 1. The molecule has 0 aliphatic carbocycles. The normalized spacial score (nSPS) is 19.8. The molecule has 1 aliphatic heterocycles. The van der Waals surface area contributed by atoms with E-state index in [0.717, 1.165) is 10.1 Å². The molecule has 1 unspecified atom stereocenters. The van der Waals surface area contributed by atoms with Crippen LogP contribution in [0.25, 0.3) is 10.1 Å². The lowest BCUT2D eigenvalue weighted by atomic mass is 10.1. The monoisotopic (exact) mass is 205 g/mol. The van der Waals surface area contributed by atoms with E-state index in [-0.39, 0.29) is 5.91 Å². The Morgan fingerprint density at radius 2 is 2.21 bits per heavy atom. The highest BCUT2D eigenvalue weighted by Gasteiger charge is 2.28. The Bertz CT molecular complexity index is 532. The molecular weight excluding hydrogens is 198 g/mol. The maximum atomic E-state index is 11.5. The van der Waals surface area contributed by atoms with Crippen LogP contribution in [0.5, 0.6) is 0 Å². The summed E-state index contributed by atoms with van der Waals surface area (Å²) in [6.45, 7) is 0. The molecule has 2 aromatic rings. The van der Waals surface area contributed by atoms with Gasteiger partial charge >= 0.3 is 0 Å². The van der Waals surface area contributed by atoms with Gasteiger partial charge in [0.1, 0.15) is 0 Å². The molecule has 0 bridgehead atoms. The second-order valence-electron chi connectivity index (χ2n) is 3.24. The molecule has 2 N–H and O–H groups in total. The van der Waals surface area contributed by atoms with Crippen molar-refractivity contribution in [2.75, 3.05) is 0 Å². The number of aliphatic hydroxyl groups is 1. The molecule has 1 aliphatic rings. The number of rotatable bonds is 0. The third-order valence-electron chi connectivity index (χ3n) is 2.46. The van der Waals surface area contributed by atoms with Gasteiger partial charge < -0.3 is 10.4 Å². The Morgan fingerprint density at radius 3 is 3.07 bits per heavy atom. The van der Waals surface area contributed by atoms with E-state index in [1.54, 1.807) is 17.4 Å². The number of carbonyl (C=O) groups excluding carboxylic acids is 1. The predicted molar refractivity (Wildman–Crippen MR) is 54.3 cm³/mol. The van der Waals surface area contributed by atoms with Gasteiger partial charge in [-0.3, -0.25) is 4.79 Å². The molecule has 0 saturated heterocycles. The summed E-state index contributed by atoms with van der Waals surface area (Å²) in [7, 11) is 0. The molecule has 2 heterocycles. The standard InChI is InChI=1S/C10H7NO2S/c12-9-6-1-2-7-5(3-4-14-7)8(6)10(13)11-9/h1-4,9,12H,(H,11,13). The predicted octanol–water partition coefficient (Wildman–Crippen LogP) is 1.64. The zero-order valence-corrected chi connectivity index (χ0v) is 7.97. The molecule has 0 fully saturated rings. The average Bonchev–Trinajstić information content (AvgIpc) is 2.71. The van der Waals surface area contributed by atoms with Crippen molar-refractivity contribution in [3.63, 3.8) is 0 Å². The van der Waals surface area contributed by atoms with E-state index in [4.69, 9.17) is 0 Å². The van der Waals surface area contributed by atoms with E-state index >= 15 is 0 Å². The summed E-state index contributed by atoms with van der Waals surface area (Å²) in [5.41, 5.74) is 1.30. The molecule has 1 aromatic heterocycles. The van der Waals surface area contributed by atoms with Crippen molar-refractivity contribution in [1.82, 2.24) is 5.32 Å². The minimum Gasteiger partial charge on any atom is -0.369 e. The van der Waals surface area contributed by atoms with Gasteiger partial charge in [-0.15, -0.1) is 11.3 Å². The zero-order chi connectivity index (χ0) is 9.71. The minimum absolute atomic E-state index is 0.184. The Balaban J connectivity index is 2.45. The molecule has 70 valence electrons. The molecule has 0 spiro atoms. The molecule has 1 amide bonds. The molecule has 3 nitrogen and oxygen atoms in total. The van der Waals surface area contributed by atoms with Crippen molar-refractivity contribution in [2.45, 2.75) is 6.23 Å². The van der Waals surface area contributed by atoms with Crippen LogP contribution in [-0.2, 0) is 0 Å². The Hall–Kier alpha value is -1.39. The lowest BCUT2D eigenvalue weighted by Gasteiger charge is -2.01. The zero-order valence-electron chi connectivity index (χ0n) is 7.15. The number of benzene rings is 1. The summed E-state index contributed by atoms with van der Waals surface area (Å²) in [6.07, 6.45) is -0.846. The first-order valence-corrected chi connectivity index (χ1v) is 5.14.